The first-order chi connectivity index (χ1) is 13.1. The lowest BCUT2D eigenvalue weighted by Gasteiger charge is -2.30. The summed E-state index contributed by atoms with van der Waals surface area (Å²) in [6.45, 7) is 1.61. The van der Waals surface area contributed by atoms with Crippen LogP contribution in [0.1, 0.15) is 12.0 Å². The minimum Gasteiger partial charge on any atom is -0.342 e. The molecule has 1 fully saturated rings. The van der Waals surface area contributed by atoms with Crippen LogP contribution in [0, 0.1) is 10.1 Å². The lowest BCUT2D eigenvalue weighted by molar-refractivity contribution is -0.384. The molecule has 1 amide bonds. The van der Waals surface area contributed by atoms with Crippen molar-refractivity contribution in [2.45, 2.75) is 12.8 Å². The van der Waals surface area contributed by atoms with Crippen molar-refractivity contribution in [2.75, 3.05) is 13.1 Å². The molecule has 0 radical (unpaired) electrons. The normalized spacial score (nSPS) is 13.3. The molecule has 0 saturated carbocycles. The molecule has 0 atom stereocenters. The number of hydrogen-bond donors (Lipinski definition) is 0. The number of hydrogen-bond acceptors (Lipinski definition) is 4. The number of aromatic nitrogens is 2. The Labute approximate surface area is 156 Å². The Hall–Kier alpha value is -3.48. The van der Waals surface area contributed by atoms with Gasteiger partial charge in [0.1, 0.15) is 0 Å². The predicted octanol–water partition coefficient (Wildman–Crippen LogP) is 3.22. The van der Waals surface area contributed by atoms with Gasteiger partial charge in [0.25, 0.3) is 5.69 Å². The molecule has 0 bridgehead atoms. The van der Waals surface area contributed by atoms with Crippen LogP contribution in [-0.2, 0) is 11.2 Å². The molecular formula is C20H18N4O3. The van der Waals surface area contributed by atoms with Crippen LogP contribution in [0.4, 0.5) is 5.69 Å². The zero-order chi connectivity index (χ0) is 18.8. The summed E-state index contributed by atoms with van der Waals surface area (Å²) >= 11 is 0. The van der Waals surface area contributed by atoms with E-state index in [4.69, 9.17) is 0 Å². The van der Waals surface area contributed by atoms with Gasteiger partial charge in [0.15, 0.2) is 0 Å². The lowest BCUT2D eigenvalue weighted by Crippen LogP contribution is -2.42. The van der Waals surface area contributed by atoms with Crippen molar-refractivity contribution < 1.29 is 9.72 Å². The van der Waals surface area contributed by atoms with E-state index in [2.05, 4.69) is 5.10 Å². The third kappa shape index (κ3) is 3.44. The number of carbonyl (C=O) groups is 1. The molecule has 1 aliphatic heterocycles. The Kier molecular flexibility index (Phi) is 4.42. The summed E-state index contributed by atoms with van der Waals surface area (Å²) in [4.78, 5) is 24.8. The zero-order valence-electron chi connectivity index (χ0n) is 14.6. The van der Waals surface area contributed by atoms with E-state index < -0.39 is 4.92 Å². The van der Waals surface area contributed by atoms with Gasteiger partial charge >= 0.3 is 0 Å². The Morgan fingerprint density at radius 1 is 1.07 bits per heavy atom. The Morgan fingerprint density at radius 2 is 1.78 bits per heavy atom. The van der Waals surface area contributed by atoms with Crippen LogP contribution in [0.25, 0.3) is 16.9 Å². The average molecular weight is 362 g/mol. The van der Waals surface area contributed by atoms with Crippen molar-refractivity contribution in [2.24, 2.45) is 0 Å². The maximum atomic E-state index is 12.5. The zero-order valence-corrected chi connectivity index (χ0v) is 14.6. The van der Waals surface area contributed by atoms with Crippen LogP contribution in [0.15, 0.2) is 60.8 Å². The SMILES string of the molecule is O=C(Cc1cn(-c2ccccc2)nc1-c1ccc([N+](=O)[O-])cc1)N1CCC1. The van der Waals surface area contributed by atoms with E-state index in [1.54, 1.807) is 16.8 Å². The molecule has 7 heteroatoms. The third-order valence-electron chi connectivity index (χ3n) is 4.71. The highest BCUT2D eigenvalue weighted by molar-refractivity contribution is 5.82. The average Bonchev–Trinajstić information content (AvgIpc) is 3.04. The molecule has 0 spiro atoms. The van der Waals surface area contributed by atoms with Gasteiger partial charge in [-0.2, -0.15) is 5.10 Å². The van der Waals surface area contributed by atoms with Crippen LogP contribution < -0.4 is 0 Å². The van der Waals surface area contributed by atoms with Crippen LogP contribution in [0.2, 0.25) is 0 Å². The second-order valence-corrected chi connectivity index (χ2v) is 6.50. The fourth-order valence-electron chi connectivity index (χ4n) is 3.08. The number of nitro groups is 1. The van der Waals surface area contributed by atoms with Crippen molar-refractivity contribution in [1.82, 2.24) is 14.7 Å². The maximum absolute atomic E-state index is 12.5. The van der Waals surface area contributed by atoms with Gasteiger partial charge in [0.2, 0.25) is 5.91 Å². The number of nitro benzene ring substituents is 1. The van der Waals surface area contributed by atoms with E-state index >= 15 is 0 Å². The molecule has 136 valence electrons. The van der Waals surface area contributed by atoms with E-state index in [1.807, 2.05) is 41.4 Å². The fraction of sp³-hybridized carbons (Fsp3) is 0.200. The lowest BCUT2D eigenvalue weighted by atomic mass is 10.0. The van der Waals surface area contributed by atoms with Crippen LogP contribution in [0.3, 0.4) is 0 Å². The van der Waals surface area contributed by atoms with Crippen molar-refractivity contribution >= 4 is 11.6 Å². The summed E-state index contributed by atoms with van der Waals surface area (Å²) in [5, 5.41) is 15.6. The molecule has 3 aromatic rings. The molecule has 1 saturated heterocycles. The quantitative estimate of drug-likeness (QED) is 0.515. The number of carbonyl (C=O) groups excluding carboxylic acids is 1. The Bertz CT molecular complexity index is 976. The molecule has 0 unspecified atom stereocenters. The Morgan fingerprint density at radius 3 is 2.37 bits per heavy atom. The molecule has 4 rings (SSSR count). The van der Waals surface area contributed by atoms with Gasteiger partial charge < -0.3 is 4.90 Å². The summed E-state index contributed by atoms with van der Waals surface area (Å²) in [5.74, 6) is 0.0806. The molecule has 2 heterocycles. The first kappa shape index (κ1) is 17.0. The minimum atomic E-state index is -0.430. The minimum absolute atomic E-state index is 0.0273. The van der Waals surface area contributed by atoms with E-state index in [0.29, 0.717) is 5.69 Å². The molecule has 2 aromatic carbocycles. The number of rotatable bonds is 5. The molecule has 1 aliphatic rings. The highest BCUT2D eigenvalue weighted by atomic mass is 16.6. The number of non-ortho nitro benzene ring substituents is 1. The van der Waals surface area contributed by atoms with E-state index in [9.17, 15) is 14.9 Å². The van der Waals surface area contributed by atoms with Crippen molar-refractivity contribution in [3.05, 3.63) is 76.5 Å². The van der Waals surface area contributed by atoms with Gasteiger partial charge in [0.05, 0.1) is 22.7 Å². The highest BCUT2D eigenvalue weighted by Gasteiger charge is 2.23. The molecule has 0 N–H and O–H groups in total. The first-order valence-corrected chi connectivity index (χ1v) is 8.78. The van der Waals surface area contributed by atoms with Crippen LogP contribution in [0.5, 0.6) is 0 Å². The number of benzene rings is 2. The van der Waals surface area contributed by atoms with Gasteiger partial charge in [-0.25, -0.2) is 4.68 Å². The van der Waals surface area contributed by atoms with Gasteiger partial charge in [-0.3, -0.25) is 14.9 Å². The van der Waals surface area contributed by atoms with Crippen LogP contribution >= 0.6 is 0 Å². The largest absolute Gasteiger partial charge is 0.342 e. The van der Waals surface area contributed by atoms with Crippen molar-refractivity contribution in [3.63, 3.8) is 0 Å². The third-order valence-corrected chi connectivity index (χ3v) is 4.71. The summed E-state index contributed by atoms with van der Waals surface area (Å²) in [5.41, 5.74) is 3.15. The number of likely N-dealkylation sites (tertiary alicyclic amines) is 1. The van der Waals surface area contributed by atoms with Crippen molar-refractivity contribution in [3.8, 4) is 16.9 Å². The second kappa shape index (κ2) is 7.03. The molecule has 7 nitrogen and oxygen atoms in total. The van der Waals surface area contributed by atoms with Gasteiger partial charge in [-0.1, -0.05) is 18.2 Å². The monoisotopic (exact) mass is 362 g/mol. The van der Waals surface area contributed by atoms with Crippen LogP contribution in [-0.4, -0.2) is 38.6 Å². The summed E-state index contributed by atoms with van der Waals surface area (Å²) < 4.78 is 1.75. The molecule has 27 heavy (non-hydrogen) atoms. The summed E-state index contributed by atoms with van der Waals surface area (Å²) in [6.07, 6.45) is 3.17. The fourth-order valence-corrected chi connectivity index (χ4v) is 3.08. The molecular weight excluding hydrogens is 344 g/mol. The number of para-hydroxylation sites is 1. The number of amides is 1. The standard InChI is InChI=1S/C20H18N4O3/c25-19(22-11-4-12-22)13-16-14-23(17-5-2-1-3-6-17)21-20(16)15-7-9-18(10-8-15)24(26)27/h1-3,5-10,14H,4,11-13H2. The van der Waals surface area contributed by atoms with Gasteiger partial charge in [-0.15, -0.1) is 0 Å². The van der Waals surface area contributed by atoms with Gasteiger partial charge in [-0.05, 0) is 30.7 Å². The van der Waals surface area contributed by atoms with Gasteiger partial charge in [0, 0.05) is 42.5 Å². The Balaban J connectivity index is 1.72. The second-order valence-electron chi connectivity index (χ2n) is 6.50. The summed E-state index contributed by atoms with van der Waals surface area (Å²) in [6, 6.07) is 15.9. The molecule has 1 aromatic heterocycles. The summed E-state index contributed by atoms with van der Waals surface area (Å²) in [7, 11) is 0. The van der Waals surface area contributed by atoms with E-state index in [0.717, 1.165) is 36.3 Å². The van der Waals surface area contributed by atoms with E-state index in [-0.39, 0.29) is 18.0 Å². The predicted molar refractivity (Wildman–Crippen MR) is 101 cm³/mol. The first-order valence-electron chi connectivity index (χ1n) is 8.78. The topological polar surface area (TPSA) is 81.3 Å². The number of nitrogens with zero attached hydrogens (tertiary/aromatic N) is 4. The smallest absolute Gasteiger partial charge is 0.269 e. The molecule has 0 aliphatic carbocycles. The maximum Gasteiger partial charge on any atom is 0.269 e. The van der Waals surface area contributed by atoms with E-state index in [1.165, 1.54) is 12.1 Å². The van der Waals surface area contributed by atoms with Crippen molar-refractivity contribution in [1.29, 1.82) is 0 Å². The highest BCUT2D eigenvalue weighted by Crippen LogP contribution is 2.27.